The van der Waals surface area contributed by atoms with Crippen molar-refractivity contribution >= 4 is 52.0 Å². The Morgan fingerprint density at radius 1 is 1.04 bits per heavy atom. The van der Waals surface area contributed by atoms with Crippen LogP contribution in [-0.2, 0) is 23.7 Å². The van der Waals surface area contributed by atoms with Crippen molar-refractivity contribution in [1.29, 1.82) is 0 Å². The van der Waals surface area contributed by atoms with Crippen LogP contribution in [-0.4, -0.2) is 68.8 Å². The van der Waals surface area contributed by atoms with Crippen LogP contribution in [0.15, 0.2) is 65.1 Å². The van der Waals surface area contributed by atoms with Gasteiger partial charge in [0.05, 0.1) is 43.2 Å². The van der Waals surface area contributed by atoms with Gasteiger partial charge in [0, 0.05) is 35.8 Å². The number of hydrogen-bond donors (Lipinski definition) is 2. The van der Waals surface area contributed by atoms with E-state index in [1.165, 1.54) is 6.07 Å². The third-order valence-corrected chi connectivity index (χ3v) is 8.55. The number of anilines is 2. The van der Waals surface area contributed by atoms with E-state index < -0.39 is 24.0 Å². The summed E-state index contributed by atoms with van der Waals surface area (Å²) in [6.07, 6.45) is 1.78. The first-order valence-electron chi connectivity index (χ1n) is 14.7. The van der Waals surface area contributed by atoms with Crippen LogP contribution in [0.25, 0.3) is 0 Å². The fourth-order valence-corrected chi connectivity index (χ4v) is 6.38. The van der Waals surface area contributed by atoms with E-state index in [0.717, 1.165) is 10.5 Å². The van der Waals surface area contributed by atoms with Gasteiger partial charge in [-0.15, -0.1) is 0 Å². The third-order valence-electron chi connectivity index (χ3n) is 7.62. The number of benzene rings is 2. The first kappa shape index (κ1) is 32.8. The van der Waals surface area contributed by atoms with Gasteiger partial charge >= 0.3 is 0 Å². The van der Waals surface area contributed by atoms with Crippen molar-refractivity contribution in [2.24, 2.45) is 5.92 Å². The number of carbonyl (C=O) groups is 3. The van der Waals surface area contributed by atoms with Gasteiger partial charge in [-0.1, -0.05) is 11.6 Å². The Hall–Kier alpha value is -3.58. The zero-order valence-corrected chi connectivity index (χ0v) is 26.6. The number of aryl methyl sites for hydroxylation is 1. The van der Waals surface area contributed by atoms with Gasteiger partial charge in [-0.05, 0) is 90.7 Å². The van der Waals surface area contributed by atoms with Crippen LogP contribution >= 0.6 is 22.9 Å². The summed E-state index contributed by atoms with van der Waals surface area (Å²) in [7, 11) is 0. The average Bonchev–Trinajstić information content (AvgIpc) is 3.64. The van der Waals surface area contributed by atoms with Crippen molar-refractivity contribution in [3.63, 3.8) is 0 Å². The minimum Gasteiger partial charge on any atom is -0.459 e. The molecule has 2 aromatic carbocycles. The van der Waals surface area contributed by atoms with Crippen LogP contribution in [0.2, 0.25) is 5.02 Å². The molecule has 12 heteroatoms. The van der Waals surface area contributed by atoms with E-state index in [2.05, 4.69) is 10.7 Å². The van der Waals surface area contributed by atoms with Gasteiger partial charge in [0.1, 0.15) is 0 Å². The molecule has 2 aliphatic heterocycles. The maximum absolute atomic E-state index is 13.5. The second kappa shape index (κ2) is 15.1. The number of thiophene rings is 1. The monoisotopic (exact) mass is 654 g/mol. The number of rotatable bonds is 14. The SMILES string of the molecule is CCO[C@H]1OC(C(=O)Nc2ccc(N3C(=O)c4ccc(Cl)cc4C3=O)c(C)c2)=C[C@@H](c2ccsc2)[C@H]1CCOCCOCCO. The van der Waals surface area contributed by atoms with Crippen molar-refractivity contribution < 1.29 is 38.4 Å². The van der Waals surface area contributed by atoms with Gasteiger partial charge in [-0.2, -0.15) is 11.3 Å². The standard InChI is InChI=1S/C33H35ClN2O8S/c1-3-43-33-25(8-11-41-13-14-42-12-10-37)26(21-9-15-45-19-21)18-29(44-33)30(38)35-23-5-7-28(20(2)16-23)36-31(39)24-6-4-22(34)17-27(24)32(36)40/h4-7,9,15-19,25-26,33,37H,3,8,10-14H2,1-2H3,(H,35,38)/t25-,26+,33+/m1/s1. The number of fused-ring (bicyclic) bond motifs is 1. The average molecular weight is 655 g/mol. The van der Waals surface area contributed by atoms with E-state index in [0.29, 0.717) is 60.4 Å². The van der Waals surface area contributed by atoms with Gasteiger partial charge in [0.15, 0.2) is 5.76 Å². The van der Waals surface area contributed by atoms with E-state index in [9.17, 15) is 14.4 Å². The Morgan fingerprint density at radius 3 is 2.53 bits per heavy atom. The molecule has 0 aliphatic carbocycles. The van der Waals surface area contributed by atoms with Crippen LogP contribution in [0, 0.1) is 12.8 Å². The zero-order chi connectivity index (χ0) is 31.9. The summed E-state index contributed by atoms with van der Waals surface area (Å²) in [6.45, 7) is 5.52. The van der Waals surface area contributed by atoms with Crippen LogP contribution in [0.5, 0.6) is 0 Å². The highest BCUT2D eigenvalue weighted by Crippen LogP contribution is 2.40. The highest BCUT2D eigenvalue weighted by Gasteiger charge is 2.39. The number of halogens is 1. The molecule has 3 atom stereocenters. The molecular formula is C33H35ClN2O8S. The molecule has 2 aliphatic rings. The fraction of sp³-hybridized carbons (Fsp3) is 0.364. The molecule has 3 aromatic rings. The molecule has 0 spiro atoms. The molecule has 238 valence electrons. The maximum atomic E-state index is 13.5. The molecule has 0 radical (unpaired) electrons. The first-order chi connectivity index (χ1) is 21.8. The van der Waals surface area contributed by atoms with Crippen LogP contribution in [0.3, 0.4) is 0 Å². The normalized spacial score (nSPS) is 19.3. The van der Waals surface area contributed by atoms with Crippen LogP contribution in [0.4, 0.5) is 11.4 Å². The Balaban J connectivity index is 1.30. The van der Waals surface area contributed by atoms with Crippen molar-refractivity contribution in [1.82, 2.24) is 0 Å². The molecular weight excluding hydrogens is 620 g/mol. The molecule has 10 nitrogen and oxygen atoms in total. The molecule has 0 bridgehead atoms. The van der Waals surface area contributed by atoms with Crippen molar-refractivity contribution in [3.8, 4) is 0 Å². The van der Waals surface area contributed by atoms with Crippen LogP contribution in [0.1, 0.15) is 51.1 Å². The van der Waals surface area contributed by atoms with E-state index in [4.69, 9.17) is 35.7 Å². The maximum Gasteiger partial charge on any atom is 0.290 e. The molecule has 1 aromatic heterocycles. The van der Waals surface area contributed by atoms with E-state index in [1.807, 2.05) is 24.4 Å². The molecule has 0 unspecified atom stereocenters. The number of imide groups is 1. The number of nitrogens with one attached hydrogen (secondary N) is 1. The van der Waals surface area contributed by atoms with E-state index in [1.54, 1.807) is 48.6 Å². The van der Waals surface area contributed by atoms with Crippen molar-refractivity contribution in [2.75, 3.05) is 49.9 Å². The summed E-state index contributed by atoms with van der Waals surface area (Å²) >= 11 is 7.63. The second-order valence-corrected chi connectivity index (χ2v) is 11.8. The summed E-state index contributed by atoms with van der Waals surface area (Å²) in [6, 6.07) is 11.6. The summed E-state index contributed by atoms with van der Waals surface area (Å²) in [5.74, 6) is -1.44. The number of aliphatic hydroxyl groups is 1. The van der Waals surface area contributed by atoms with Gasteiger partial charge in [0.2, 0.25) is 6.29 Å². The predicted octanol–water partition coefficient (Wildman–Crippen LogP) is 5.54. The summed E-state index contributed by atoms with van der Waals surface area (Å²) in [5, 5.41) is 16.2. The van der Waals surface area contributed by atoms with Gasteiger partial charge in [-0.25, -0.2) is 4.90 Å². The molecule has 45 heavy (non-hydrogen) atoms. The summed E-state index contributed by atoms with van der Waals surface area (Å²) < 4.78 is 23.1. The minimum atomic E-state index is -0.675. The fourth-order valence-electron chi connectivity index (χ4n) is 5.50. The molecule has 0 saturated carbocycles. The Labute approximate surface area is 270 Å². The number of ether oxygens (including phenoxy) is 4. The van der Waals surface area contributed by atoms with Crippen molar-refractivity contribution in [2.45, 2.75) is 32.5 Å². The van der Waals surface area contributed by atoms with Gasteiger partial charge in [0.25, 0.3) is 17.7 Å². The lowest BCUT2D eigenvalue weighted by Gasteiger charge is -2.36. The molecule has 5 rings (SSSR count). The predicted molar refractivity (Wildman–Crippen MR) is 171 cm³/mol. The van der Waals surface area contributed by atoms with Gasteiger partial charge in [-0.3, -0.25) is 14.4 Å². The summed E-state index contributed by atoms with van der Waals surface area (Å²) in [5.41, 5.74) is 3.12. The number of hydrogen-bond acceptors (Lipinski definition) is 9. The van der Waals surface area contributed by atoms with Gasteiger partial charge < -0.3 is 29.4 Å². The largest absolute Gasteiger partial charge is 0.459 e. The molecule has 0 saturated heterocycles. The number of allylic oxidation sites excluding steroid dienone is 1. The quantitative estimate of drug-likeness (QED) is 0.172. The third kappa shape index (κ3) is 7.46. The second-order valence-electron chi connectivity index (χ2n) is 10.5. The smallest absolute Gasteiger partial charge is 0.290 e. The lowest BCUT2D eigenvalue weighted by molar-refractivity contribution is -0.166. The Morgan fingerprint density at radius 2 is 1.82 bits per heavy atom. The number of nitrogens with zero attached hydrogens (tertiary/aromatic N) is 1. The number of amides is 3. The molecule has 2 N–H and O–H groups in total. The van der Waals surface area contributed by atoms with E-state index in [-0.39, 0.29) is 36.4 Å². The summed E-state index contributed by atoms with van der Waals surface area (Å²) in [4.78, 5) is 40.8. The number of carbonyl (C=O) groups excluding carboxylic acids is 3. The van der Waals surface area contributed by atoms with Crippen molar-refractivity contribution in [3.05, 3.63) is 92.3 Å². The topological polar surface area (TPSA) is 124 Å². The van der Waals surface area contributed by atoms with E-state index >= 15 is 0 Å². The number of aliphatic hydroxyl groups excluding tert-OH is 1. The lowest BCUT2D eigenvalue weighted by Crippen LogP contribution is -2.38. The lowest BCUT2D eigenvalue weighted by atomic mass is 9.82. The molecule has 3 amide bonds. The highest BCUT2D eigenvalue weighted by atomic mass is 35.5. The zero-order valence-electron chi connectivity index (χ0n) is 25.0. The van der Waals surface area contributed by atoms with Crippen LogP contribution < -0.4 is 10.2 Å². The minimum absolute atomic E-state index is 0.0309. The Kier molecular flexibility index (Phi) is 11.0. The Bertz CT molecular complexity index is 1560. The highest BCUT2D eigenvalue weighted by molar-refractivity contribution is 7.08. The molecule has 3 heterocycles. The first-order valence-corrected chi connectivity index (χ1v) is 16.0. The molecule has 0 fully saturated rings.